The Labute approximate surface area is 147 Å². The van der Waals surface area contributed by atoms with Crippen molar-refractivity contribution in [1.82, 2.24) is 25.4 Å². The number of rotatable bonds is 5. The molecule has 7 nitrogen and oxygen atoms in total. The van der Waals surface area contributed by atoms with Crippen LogP contribution in [0.1, 0.15) is 30.0 Å². The lowest BCUT2D eigenvalue weighted by Gasteiger charge is -2.37. The summed E-state index contributed by atoms with van der Waals surface area (Å²) in [5, 5.41) is 9.97. The molecule has 1 aliphatic rings. The second kappa shape index (κ2) is 7.76. The third kappa shape index (κ3) is 4.24. The molecule has 2 atom stereocenters. The number of nitrogens with zero attached hydrogens (tertiary/aromatic N) is 3. The number of aryl methyl sites for hydroxylation is 1. The Morgan fingerprint density at radius 2 is 2.20 bits per heavy atom. The van der Waals surface area contributed by atoms with Crippen LogP contribution in [0.5, 0.6) is 0 Å². The van der Waals surface area contributed by atoms with Gasteiger partial charge in [-0.1, -0.05) is 12.1 Å². The predicted octanol–water partition coefficient (Wildman–Crippen LogP) is 1.62. The number of aromatic nitrogens is 3. The van der Waals surface area contributed by atoms with E-state index in [2.05, 4.69) is 39.2 Å². The van der Waals surface area contributed by atoms with Gasteiger partial charge >= 0.3 is 0 Å². The first-order valence-electron chi connectivity index (χ1n) is 8.65. The Morgan fingerprint density at radius 1 is 1.44 bits per heavy atom. The molecule has 3 rings (SSSR count). The first-order valence-corrected chi connectivity index (χ1v) is 8.65. The van der Waals surface area contributed by atoms with Gasteiger partial charge in [0.25, 0.3) is 5.91 Å². The number of hydrogen-bond donors (Lipinski definition) is 2. The number of morpholine rings is 1. The van der Waals surface area contributed by atoms with Gasteiger partial charge in [-0.2, -0.15) is 5.10 Å². The Morgan fingerprint density at radius 3 is 2.84 bits per heavy atom. The van der Waals surface area contributed by atoms with Crippen molar-refractivity contribution in [2.75, 3.05) is 26.3 Å². The summed E-state index contributed by atoms with van der Waals surface area (Å²) < 4.78 is 5.46. The fraction of sp³-hybridized carbons (Fsp3) is 0.500. The third-order valence-corrected chi connectivity index (χ3v) is 4.55. The molecular weight excluding hydrogens is 318 g/mol. The summed E-state index contributed by atoms with van der Waals surface area (Å²) in [6, 6.07) is 8.00. The minimum absolute atomic E-state index is 0.0644. The van der Waals surface area contributed by atoms with E-state index >= 15 is 0 Å². The molecule has 0 radical (unpaired) electrons. The van der Waals surface area contributed by atoms with Crippen molar-refractivity contribution >= 4 is 5.91 Å². The highest BCUT2D eigenvalue weighted by Crippen LogP contribution is 2.15. The average Bonchev–Trinajstić information content (AvgIpc) is 3.06. The molecule has 1 saturated heterocycles. The highest BCUT2D eigenvalue weighted by molar-refractivity contribution is 5.94. The van der Waals surface area contributed by atoms with E-state index in [0.29, 0.717) is 24.0 Å². The number of aromatic amines is 1. The zero-order valence-corrected chi connectivity index (χ0v) is 15.0. The number of ether oxygens (including phenoxy) is 1. The average molecular weight is 343 g/mol. The molecular formula is C18H25N5O2. The molecule has 0 saturated carbocycles. The lowest BCUT2D eigenvalue weighted by Crippen LogP contribution is -2.51. The van der Waals surface area contributed by atoms with Gasteiger partial charge in [-0.3, -0.25) is 14.8 Å². The van der Waals surface area contributed by atoms with Crippen molar-refractivity contribution in [3.63, 3.8) is 0 Å². The van der Waals surface area contributed by atoms with Crippen molar-refractivity contribution in [1.29, 1.82) is 0 Å². The Kier molecular flexibility index (Phi) is 5.45. The van der Waals surface area contributed by atoms with Gasteiger partial charge < -0.3 is 10.1 Å². The van der Waals surface area contributed by atoms with E-state index in [9.17, 15) is 4.79 Å². The summed E-state index contributed by atoms with van der Waals surface area (Å²) in [6.45, 7) is 9.17. The van der Waals surface area contributed by atoms with Gasteiger partial charge in [0.05, 0.1) is 13.2 Å². The highest BCUT2D eigenvalue weighted by atomic mass is 16.5. The van der Waals surface area contributed by atoms with Gasteiger partial charge in [-0.05, 0) is 32.9 Å². The molecule has 2 heterocycles. The van der Waals surface area contributed by atoms with Crippen LogP contribution in [0.2, 0.25) is 0 Å². The van der Waals surface area contributed by atoms with E-state index < -0.39 is 0 Å². The summed E-state index contributed by atoms with van der Waals surface area (Å²) in [4.78, 5) is 19.0. The van der Waals surface area contributed by atoms with Crippen molar-refractivity contribution in [3.05, 3.63) is 35.7 Å². The van der Waals surface area contributed by atoms with Gasteiger partial charge in [0.2, 0.25) is 0 Å². The van der Waals surface area contributed by atoms with Gasteiger partial charge in [0.15, 0.2) is 5.82 Å². The number of nitrogens with one attached hydrogen (secondary N) is 2. The quantitative estimate of drug-likeness (QED) is 0.862. The molecule has 134 valence electrons. The number of benzene rings is 1. The smallest absolute Gasteiger partial charge is 0.251 e. The minimum atomic E-state index is -0.0644. The van der Waals surface area contributed by atoms with E-state index in [-0.39, 0.29) is 11.9 Å². The van der Waals surface area contributed by atoms with E-state index in [1.165, 1.54) is 0 Å². The molecule has 7 heteroatoms. The van der Waals surface area contributed by atoms with E-state index in [4.69, 9.17) is 4.74 Å². The van der Waals surface area contributed by atoms with Gasteiger partial charge in [0.1, 0.15) is 5.82 Å². The monoisotopic (exact) mass is 343 g/mol. The standard InChI is InChI=1S/C18H25N5O2/c1-12(23-8-9-25-11-13(23)2)10-19-18(24)16-6-4-15(5-7-16)17-20-14(3)21-22-17/h4-7,12-13H,8-11H2,1-3H3,(H,19,24)(H,20,21,22)/t12-,13+/m1/s1. The van der Waals surface area contributed by atoms with Crippen LogP contribution in [0.4, 0.5) is 0 Å². The Hall–Kier alpha value is -2.25. The maximum absolute atomic E-state index is 12.4. The molecule has 1 aromatic heterocycles. The van der Waals surface area contributed by atoms with Crippen LogP contribution in [0.15, 0.2) is 24.3 Å². The minimum Gasteiger partial charge on any atom is -0.379 e. The van der Waals surface area contributed by atoms with E-state index in [1.807, 2.05) is 19.1 Å². The topological polar surface area (TPSA) is 83.1 Å². The van der Waals surface area contributed by atoms with Crippen molar-refractivity contribution in [2.24, 2.45) is 0 Å². The number of hydrogen-bond acceptors (Lipinski definition) is 5. The van der Waals surface area contributed by atoms with Gasteiger partial charge in [-0.15, -0.1) is 0 Å². The van der Waals surface area contributed by atoms with E-state index in [1.54, 1.807) is 12.1 Å². The molecule has 1 fully saturated rings. The van der Waals surface area contributed by atoms with Crippen LogP contribution in [0, 0.1) is 6.92 Å². The van der Waals surface area contributed by atoms with Crippen LogP contribution in [-0.4, -0.2) is 64.4 Å². The predicted molar refractivity (Wildman–Crippen MR) is 95.3 cm³/mol. The number of carbonyl (C=O) groups is 1. The maximum Gasteiger partial charge on any atom is 0.251 e. The summed E-state index contributed by atoms with van der Waals surface area (Å²) in [6.07, 6.45) is 0. The molecule has 2 aromatic rings. The number of H-pyrrole nitrogens is 1. The molecule has 1 aliphatic heterocycles. The van der Waals surface area contributed by atoms with Crippen LogP contribution in [0.25, 0.3) is 11.4 Å². The van der Waals surface area contributed by atoms with Crippen LogP contribution in [-0.2, 0) is 4.74 Å². The molecule has 0 aliphatic carbocycles. The van der Waals surface area contributed by atoms with Crippen LogP contribution in [0.3, 0.4) is 0 Å². The normalized spacial score (nSPS) is 19.6. The maximum atomic E-state index is 12.4. The number of amides is 1. The molecule has 0 bridgehead atoms. The zero-order valence-electron chi connectivity index (χ0n) is 15.0. The molecule has 1 aromatic carbocycles. The van der Waals surface area contributed by atoms with Crippen molar-refractivity contribution in [2.45, 2.75) is 32.9 Å². The Bertz CT molecular complexity index is 713. The highest BCUT2D eigenvalue weighted by Gasteiger charge is 2.23. The lowest BCUT2D eigenvalue weighted by atomic mass is 10.1. The summed E-state index contributed by atoms with van der Waals surface area (Å²) in [5.74, 6) is 1.34. The molecule has 0 spiro atoms. The first kappa shape index (κ1) is 17.6. The molecule has 25 heavy (non-hydrogen) atoms. The summed E-state index contributed by atoms with van der Waals surface area (Å²) >= 11 is 0. The van der Waals surface area contributed by atoms with Crippen molar-refractivity contribution < 1.29 is 9.53 Å². The third-order valence-electron chi connectivity index (χ3n) is 4.55. The van der Waals surface area contributed by atoms with Crippen molar-refractivity contribution in [3.8, 4) is 11.4 Å². The molecule has 1 amide bonds. The van der Waals surface area contributed by atoms with Gasteiger partial charge in [0, 0.05) is 36.3 Å². The van der Waals surface area contributed by atoms with Crippen LogP contribution < -0.4 is 5.32 Å². The number of carbonyl (C=O) groups excluding carboxylic acids is 1. The van der Waals surface area contributed by atoms with E-state index in [0.717, 1.165) is 31.1 Å². The first-order chi connectivity index (χ1) is 12.0. The van der Waals surface area contributed by atoms with Gasteiger partial charge in [-0.25, -0.2) is 4.98 Å². The second-order valence-corrected chi connectivity index (χ2v) is 6.54. The lowest BCUT2D eigenvalue weighted by molar-refractivity contribution is -0.0178. The Balaban J connectivity index is 1.56. The fourth-order valence-corrected chi connectivity index (χ4v) is 3.10. The summed E-state index contributed by atoms with van der Waals surface area (Å²) in [7, 11) is 0. The van der Waals surface area contributed by atoms with Crippen LogP contribution >= 0.6 is 0 Å². The SMILES string of the molecule is Cc1nc(-c2ccc(C(=O)NC[C@@H](C)N3CCOC[C@@H]3C)cc2)n[nH]1. The fourth-order valence-electron chi connectivity index (χ4n) is 3.10. The molecule has 0 unspecified atom stereocenters. The molecule has 2 N–H and O–H groups in total. The second-order valence-electron chi connectivity index (χ2n) is 6.54. The zero-order chi connectivity index (χ0) is 17.8. The summed E-state index contributed by atoms with van der Waals surface area (Å²) in [5.41, 5.74) is 1.52. The largest absolute Gasteiger partial charge is 0.379 e.